The topological polar surface area (TPSA) is 45.5 Å². The summed E-state index contributed by atoms with van der Waals surface area (Å²) in [6, 6.07) is 0. The molecular weight excluding hydrogens is 262 g/mol. The van der Waals surface area contributed by atoms with E-state index in [4.69, 9.17) is 4.99 Å². The molecule has 1 fully saturated rings. The minimum absolute atomic E-state index is 0.744. The summed E-state index contributed by atoms with van der Waals surface area (Å²) < 4.78 is 2.15. The minimum Gasteiger partial charge on any atom is -0.357 e. The number of nitrogens with zero attached hydrogens (tertiary/aromatic N) is 4. The Balaban J connectivity index is 1.97. The number of aliphatic imine (C=N–C) groups is 1. The lowest BCUT2D eigenvalue weighted by Crippen LogP contribution is -2.48. The Morgan fingerprint density at radius 3 is 2.67 bits per heavy atom. The summed E-state index contributed by atoms with van der Waals surface area (Å²) in [5.74, 6) is 3.60. The van der Waals surface area contributed by atoms with Crippen molar-refractivity contribution in [3.8, 4) is 0 Å². The lowest BCUT2D eigenvalue weighted by Gasteiger charge is -2.37. The number of imidazole rings is 1. The molecule has 5 heteroatoms. The molecule has 1 aromatic rings. The third-order valence-corrected chi connectivity index (χ3v) is 4.03. The number of hydrogen-bond donors (Lipinski definition) is 1. The number of hydrogen-bond acceptors (Lipinski definition) is 2. The molecule has 2 heterocycles. The highest BCUT2D eigenvalue weighted by molar-refractivity contribution is 5.80. The van der Waals surface area contributed by atoms with Crippen LogP contribution in [0.15, 0.2) is 17.4 Å². The molecular formula is C16H29N5. The Kier molecular flexibility index (Phi) is 5.65. The lowest BCUT2D eigenvalue weighted by atomic mass is 9.92. The second-order valence-electron chi connectivity index (χ2n) is 6.25. The molecule has 0 amide bonds. The molecule has 21 heavy (non-hydrogen) atoms. The van der Waals surface area contributed by atoms with Crippen LogP contribution >= 0.6 is 0 Å². The first-order chi connectivity index (χ1) is 10.1. The predicted molar refractivity (Wildman–Crippen MR) is 87.5 cm³/mol. The van der Waals surface area contributed by atoms with Crippen LogP contribution in [-0.4, -0.2) is 46.6 Å². The second kappa shape index (κ2) is 7.48. The zero-order chi connectivity index (χ0) is 15.2. The van der Waals surface area contributed by atoms with Crippen LogP contribution in [0.5, 0.6) is 0 Å². The third-order valence-electron chi connectivity index (χ3n) is 4.03. The molecule has 0 aliphatic carbocycles. The highest BCUT2D eigenvalue weighted by Crippen LogP contribution is 2.20. The van der Waals surface area contributed by atoms with Gasteiger partial charge in [0.05, 0.1) is 6.54 Å². The van der Waals surface area contributed by atoms with E-state index in [1.165, 1.54) is 6.42 Å². The van der Waals surface area contributed by atoms with Gasteiger partial charge in [0.25, 0.3) is 0 Å². The Morgan fingerprint density at radius 2 is 2.10 bits per heavy atom. The summed E-state index contributed by atoms with van der Waals surface area (Å²) in [6.07, 6.45) is 5.19. The first-order valence-electron chi connectivity index (χ1n) is 8.11. The molecule has 0 spiro atoms. The molecule has 2 atom stereocenters. The maximum atomic E-state index is 4.80. The normalized spacial score (nSPS) is 23.4. The highest BCUT2D eigenvalue weighted by Gasteiger charge is 2.23. The van der Waals surface area contributed by atoms with Crippen LogP contribution in [0.2, 0.25) is 0 Å². The summed E-state index contributed by atoms with van der Waals surface area (Å²) in [5, 5.41) is 3.44. The van der Waals surface area contributed by atoms with Gasteiger partial charge in [0.15, 0.2) is 5.96 Å². The molecule has 2 rings (SSSR count). The van der Waals surface area contributed by atoms with E-state index in [0.717, 1.165) is 56.3 Å². The van der Waals surface area contributed by atoms with Crippen molar-refractivity contribution in [3.05, 3.63) is 18.2 Å². The maximum absolute atomic E-state index is 4.80. The Hall–Kier alpha value is -1.52. The van der Waals surface area contributed by atoms with E-state index in [2.05, 4.69) is 40.5 Å². The zero-order valence-corrected chi connectivity index (χ0v) is 13.8. The lowest BCUT2D eigenvalue weighted by molar-refractivity contribution is 0.208. The highest BCUT2D eigenvalue weighted by atomic mass is 15.3. The van der Waals surface area contributed by atoms with Crippen LogP contribution in [0.25, 0.3) is 0 Å². The van der Waals surface area contributed by atoms with Gasteiger partial charge in [-0.25, -0.2) is 4.98 Å². The van der Waals surface area contributed by atoms with Crippen LogP contribution in [0.4, 0.5) is 0 Å². The molecule has 0 bridgehead atoms. The smallest absolute Gasteiger partial charge is 0.193 e. The molecule has 1 saturated heterocycles. The van der Waals surface area contributed by atoms with Crippen molar-refractivity contribution >= 4 is 5.96 Å². The first kappa shape index (κ1) is 15.9. The van der Waals surface area contributed by atoms with Crippen LogP contribution in [0.1, 0.15) is 33.0 Å². The molecule has 0 radical (unpaired) electrons. The molecule has 2 unspecified atom stereocenters. The van der Waals surface area contributed by atoms with Gasteiger partial charge in [-0.15, -0.1) is 0 Å². The maximum Gasteiger partial charge on any atom is 0.193 e. The Bertz CT molecular complexity index is 455. The van der Waals surface area contributed by atoms with Gasteiger partial charge in [0, 0.05) is 38.6 Å². The predicted octanol–water partition coefficient (Wildman–Crippen LogP) is 2.13. The molecule has 0 aromatic carbocycles. The van der Waals surface area contributed by atoms with E-state index in [1.54, 1.807) is 0 Å². The summed E-state index contributed by atoms with van der Waals surface area (Å²) in [7, 11) is 0. The van der Waals surface area contributed by atoms with Crippen molar-refractivity contribution in [2.45, 2.75) is 40.7 Å². The number of rotatable bonds is 4. The van der Waals surface area contributed by atoms with Crippen LogP contribution in [-0.2, 0) is 6.54 Å². The van der Waals surface area contributed by atoms with E-state index in [9.17, 15) is 0 Å². The first-order valence-corrected chi connectivity index (χ1v) is 8.11. The SMILES string of the molecule is CCNC(=NCCn1ccnc1C)N1CC(C)CC(C)C1. The van der Waals surface area contributed by atoms with Crippen molar-refractivity contribution in [3.63, 3.8) is 0 Å². The van der Waals surface area contributed by atoms with Gasteiger partial charge in [-0.3, -0.25) is 4.99 Å². The number of nitrogens with one attached hydrogen (secondary N) is 1. The number of aromatic nitrogens is 2. The summed E-state index contributed by atoms with van der Waals surface area (Å²) in [5.41, 5.74) is 0. The van der Waals surface area contributed by atoms with Gasteiger partial charge in [0.2, 0.25) is 0 Å². The Labute approximate surface area is 128 Å². The molecule has 5 nitrogen and oxygen atoms in total. The standard InChI is InChI=1S/C16H29N5/c1-5-17-16(21-11-13(2)10-14(3)12-21)19-7-9-20-8-6-18-15(20)4/h6,8,13-14H,5,7,9-12H2,1-4H3,(H,17,19). The molecule has 1 aromatic heterocycles. The van der Waals surface area contributed by atoms with Crippen molar-refractivity contribution in [1.82, 2.24) is 19.8 Å². The van der Waals surface area contributed by atoms with E-state index in [-0.39, 0.29) is 0 Å². The van der Waals surface area contributed by atoms with Crippen molar-refractivity contribution in [2.24, 2.45) is 16.8 Å². The fourth-order valence-electron chi connectivity index (χ4n) is 3.17. The number of piperidine rings is 1. The van der Waals surface area contributed by atoms with Gasteiger partial charge < -0.3 is 14.8 Å². The van der Waals surface area contributed by atoms with Crippen LogP contribution < -0.4 is 5.32 Å². The van der Waals surface area contributed by atoms with Gasteiger partial charge >= 0.3 is 0 Å². The second-order valence-corrected chi connectivity index (χ2v) is 6.25. The molecule has 1 N–H and O–H groups in total. The van der Waals surface area contributed by atoms with Crippen LogP contribution in [0.3, 0.4) is 0 Å². The van der Waals surface area contributed by atoms with Crippen LogP contribution in [0, 0.1) is 18.8 Å². The molecule has 1 aliphatic heterocycles. The van der Waals surface area contributed by atoms with E-state index in [0.29, 0.717) is 0 Å². The Morgan fingerprint density at radius 1 is 1.38 bits per heavy atom. The van der Waals surface area contributed by atoms with E-state index >= 15 is 0 Å². The quantitative estimate of drug-likeness (QED) is 0.683. The number of guanidine groups is 1. The third kappa shape index (κ3) is 4.48. The van der Waals surface area contributed by atoms with Crippen molar-refractivity contribution < 1.29 is 0 Å². The van der Waals surface area contributed by atoms with Gasteiger partial charge in [-0.1, -0.05) is 13.8 Å². The van der Waals surface area contributed by atoms with Gasteiger partial charge in [-0.05, 0) is 32.1 Å². The van der Waals surface area contributed by atoms with Gasteiger partial charge in [-0.2, -0.15) is 0 Å². The monoisotopic (exact) mass is 291 g/mol. The average Bonchev–Trinajstić information content (AvgIpc) is 2.82. The van der Waals surface area contributed by atoms with Crippen molar-refractivity contribution in [1.29, 1.82) is 0 Å². The fraction of sp³-hybridized carbons (Fsp3) is 0.750. The minimum atomic E-state index is 0.744. The summed E-state index contributed by atoms with van der Waals surface area (Å²) in [6.45, 7) is 13.7. The fourth-order valence-corrected chi connectivity index (χ4v) is 3.17. The zero-order valence-electron chi connectivity index (χ0n) is 13.8. The average molecular weight is 291 g/mol. The largest absolute Gasteiger partial charge is 0.357 e. The number of likely N-dealkylation sites (tertiary alicyclic amines) is 1. The summed E-state index contributed by atoms with van der Waals surface area (Å²) in [4.78, 5) is 11.5. The molecule has 1 aliphatic rings. The molecule has 0 saturated carbocycles. The van der Waals surface area contributed by atoms with Crippen molar-refractivity contribution in [2.75, 3.05) is 26.2 Å². The van der Waals surface area contributed by atoms with E-state index in [1.807, 2.05) is 19.3 Å². The van der Waals surface area contributed by atoms with Gasteiger partial charge in [0.1, 0.15) is 5.82 Å². The summed E-state index contributed by atoms with van der Waals surface area (Å²) >= 11 is 0. The van der Waals surface area contributed by atoms with E-state index < -0.39 is 0 Å². The molecule has 118 valence electrons. The number of aryl methyl sites for hydroxylation is 1.